The monoisotopic (exact) mass is 539 g/mol. The van der Waals surface area contributed by atoms with Gasteiger partial charge in [0.2, 0.25) is 5.88 Å². The summed E-state index contributed by atoms with van der Waals surface area (Å²) in [4.78, 5) is 22.2. The number of ether oxygens (including phenoxy) is 1. The van der Waals surface area contributed by atoms with Crippen LogP contribution in [0.3, 0.4) is 0 Å². The Kier molecular flexibility index (Phi) is 7.71. The molecular formula is C28H30ClN3O4S. The molecule has 194 valence electrons. The van der Waals surface area contributed by atoms with Crippen molar-refractivity contribution >= 4 is 38.3 Å². The zero-order chi connectivity index (χ0) is 26.8. The average Bonchev–Trinajstić information content (AvgIpc) is 3.24. The second-order valence-corrected chi connectivity index (χ2v) is 12.1. The van der Waals surface area contributed by atoms with Crippen molar-refractivity contribution in [2.75, 3.05) is 5.75 Å². The number of pyridine rings is 1. The largest absolute Gasteiger partial charge is 0.463 e. The molecule has 0 bridgehead atoms. The van der Waals surface area contributed by atoms with Crippen molar-refractivity contribution in [1.29, 1.82) is 0 Å². The number of aromatic nitrogens is 3. The summed E-state index contributed by atoms with van der Waals surface area (Å²) in [6.45, 7) is 8.25. The molecule has 2 heterocycles. The van der Waals surface area contributed by atoms with Gasteiger partial charge in [-0.25, -0.2) is 18.4 Å². The van der Waals surface area contributed by atoms with E-state index in [9.17, 15) is 13.2 Å². The lowest BCUT2D eigenvalue weighted by Gasteiger charge is -2.26. The maximum Gasteiger partial charge on any atom is 0.214 e. The molecule has 0 amide bonds. The Morgan fingerprint density at radius 3 is 2.30 bits per heavy atom. The highest BCUT2D eigenvalue weighted by Gasteiger charge is 2.30. The van der Waals surface area contributed by atoms with E-state index in [4.69, 9.17) is 21.3 Å². The van der Waals surface area contributed by atoms with Gasteiger partial charge in [-0.15, -0.1) is 0 Å². The molecule has 37 heavy (non-hydrogen) atoms. The summed E-state index contributed by atoms with van der Waals surface area (Å²) in [5.41, 5.74) is 2.64. The Morgan fingerprint density at radius 1 is 1.00 bits per heavy atom. The third-order valence-corrected chi connectivity index (χ3v) is 8.17. The van der Waals surface area contributed by atoms with Crippen LogP contribution in [0, 0.1) is 0 Å². The lowest BCUT2D eigenvalue weighted by Crippen LogP contribution is -2.30. The molecule has 0 radical (unpaired) electrons. The van der Waals surface area contributed by atoms with Crippen molar-refractivity contribution in [3.8, 4) is 5.88 Å². The standard InChI is InChI=1S/C28H30ClN3O4S/c1-5-32-25-13-9-20(16-22(33)15-19-7-11-23(12-8-19)37(34,35)6-2)17-24(25)31-27(32)28(3,4)36-26-14-10-21(29)18-30-26/h7-14,17-18H,5-6,15-16H2,1-4H3. The van der Waals surface area contributed by atoms with Gasteiger partial charge in [-0.2, -0.15) is 0 Å². The third kappa shape index (κ3) is 6.02. The smallest absolute Gasteiger partial charge is 0.214 e. The molecule has 4 rings (SSSR count). The molecular weight excluding hydrogens is 510 g/mol. The molecule has 7 nitrogen and oxygen atoms in total. The number of carbonyl (C=O) groups excluding carboxylic acids is 1. The molecule has 4 aromatic rings. The number of hydrogen-bond acceptors (Lipinski definition) is 6. The first kappa shape index (κ1) is 26.8. The summed E-state index contributed by atoms with van der Waals surface area (Å²) < 4.78 is 32.3. The second-order valence-electron chi connectivity index (χ2n) is 9.37. The Balaban J connectivity index is 1.52. The quantitative estimate of drug-likeness (QED) is 0.262. The fourth-order valence-electron chi connectivity index (χ4n) is 4.29. The van der Waals surface area contributed by atoms with Crippen LogP contribution in [0.4, 0.5) is 0 Å². The van der Waals surface area contributed by atoms with E-state index in [1.54, 1.807) is 49.5 Å². The first-order chi connectivity index (χ1) is 17.5. The number of aryl methyl sites for hydroxylation is 1. The number of ketones is 1. The number of halogens is 1. The zero-order valence-electron chi connectivity index (χ0n) is 21.4. The van der Waals surface area contributed by atoms with E-state index in [0.717, 1.165) is 28.0 Å². The number of Topliss-reactive ketones (excluding diaryl/α,β-unsaturated/α-hetero) is 1. The van der Waals surface area contributed by atoms with Gasteiger partial charge in [0.15, 0.2) is 21.3 Å². The average molecular weight is 540 g/mol. The van der Waals surface area contributed by atoms with Gasteiger partial charge in [-0.05, 0) is 62.2 Å². The molecule has 0 saturated heterocycles. The van der Waals surface area contributed by atoms with E-state index in [-0.39, 0.29) is 29.3 Å². The molecule has 0 aliphatic heterocycles. The lowest BCUT2D eigenvalue weighted by molar-refractivity contribution is -0.117. The van der Waals surface area contributed by atoms with Crippen molar-refractivity contribution in [2.45, 2.75) is 57.6 Å². The van der Waals surface area contributed by atoms with Crippen LogP contribution < -0.4 is 4.74 Å². The molecule has 0 aliphatic carbocycles. The van der Waals surface area contributed by atoms with Crippen LogP contribution in [0.5, 0.6) is 5.88 Å². The molecule has 0 fully saturated rings. The number of sulfone groups is 1. The molecule has 2 aromatic carbocycles. The van der Waals surface area contributed by atoms with E-state index < -0.39 is 15.4 Å². The van der Waals surface area contributed by atoms with Crippen LogP contribution in [0.25, 0.3) is 11.0 Å². The molecule has 0 saturated carbocycles. The van der Waals surface area contributed by atoms with Gasteiger partial charge in [0, 0.05) is 31.6 Å². The van der Waals surface area contributed by atoms with Crippen LogP contribution in [0.15, 0.2) is 65.7 Å². The number of benzene rings is 2. The lowest BCUT2D eigenvalue weighted by atomic mass is 10.0. The maximum absolute atomic E-state index is 12.8. The SMILES string of the molecule is CCn1c(C(C)(C)Oc2ccc(Cl)cn2)nc2cc(CC(=O)Cc3ccc(S(=O)(=O)CC)cc3)ccc21. The van der Waals surface area contributed by atoms with Crippen molar-refractivity contribution in [2.24, 2.45) is 0 Å². The Hall–Kier alpha value is -3.23. The summed E-state index contributed by atoms with van der Waals surface area (Å²) in [6.07, 6.45) is 2.03. The van der Waals surface area contributed by atoms with Crippen LogP contribution >= 0.6 is 11.6 Å². The number of fused-ring (bicyclic) bond motifs is 1. The van der Waals surface area contributed by atoms with Gasteiger partial charge in [0.25, 0.3) is 0 Å². The molecule has 0 spiro atoms. The van der Waals surface area contributed by atoms with Crippen molar-refractivity contribution < 1.29 is 17.9 Å². The van der Waals surface area contributed by atoms with Crippen molar-refractivity contribution in [3.63, 3.8) is 0 Å². The summed E-state index contributed by atoms with van der Waals surface area (Å²) in [6, 6.07) is 15.9. The number of nitrogens with zero attached hydrogens (tertiary/aromatic N) is 3. The second kappa shape index (κ2) is 10.6. The summed E-state index contributed by atoms with van der Waals surface area (Å²) >= 11 is 5.94. The normalized spacial score (nSPS) is 12.1. The number of carbonyl (C=O) groups is 1. The fourth-order valence-corrected chi connectivity index (χ4v) is 5.29. The minimum absolute atomic E-state index is 0.0399. The van der Waals surface area contributed by atoms with E-state index in [1.807, 2.05) is 32.0 Å². The van der Waals surface area contributed by atoms with Gasteiger partial charge in [-0.1, -0.05) is 36.7 Å². The molecule has 0 atom stereocenters. The van der Waals surface area contributed by atoms with Gasteiger partial charge < -0.3 is 9.30 Å². The fraction of sp³-hybridized carbons (Fsp3) is 0.321. The highest BCUT2D eigenvalue weighted by atomic mass is 35.5. The highest BCUT2D eigenvalue weighted by Crippen LogP contribution is 2.30. The van der Waals surface area contributed by atoms with E-state index in [0.29, 0.717) is 17.4 Å². The van der Waals surface area contributed by atoms with Gasteiger partial charge in [-0.3, -0.25) is 4.79 Å². The van der Waals surface area contributed by atoms with Crippen molar-refractivity contribution in [1.82, 2.24) is 14.5 Å². The predicted octanol–water partition coefficient (Wildman–Crippen LogP) is 5.57. The minimum Gasteiger partial charge on any atom is -0.463 e. The molecule has 9 heteroatoms. The maximum atomic E-state index is 12.8. The van der Waals surface area contributed by atoms with E-state index in [2.05, 4.69) is 16.5 Å². The minimum atomic E-state index is -3.26. The van der Waals surface area contributed by atoms with Crippen LogP contribution in [-0.2, 0) is 39.6 Å². The zero-order valence-corrected chi connectivity index (χ0v) is 22.9. The Bertz CT molecular complexity index is 1530. The number of rotatable bonds is 10. The third-order valence-electron chi connectivity index (χ3n) is 6.19. The Morgan fingerprint density at radius 2 is 1.68 bits per heavy atom. The van der Waals surface area contributed by atoms with Crippen LogP contribution in [0.1, 0.15) is 44.6 Å². The van der Waals surface area contributed by atoms with Gasteiger partial charge in [0.1, 0.15) is 5.78 Å². The number of imidazole rings is 1. The van der Waals surface area contributed by atoms with E-state index in [1.165, 1.54) is 0 Å². The van der Waals surface area contributed by atoms with Crippen molar-refractivity contribution in [3.05, 3.63) is 82.8 Å². The summed E-state index contributed by atoms with van der Waals surface area (Å²) in [5.74, 6) is 1.30. The van der Waals surface area contributed by atoms with Crippen LogP contribution in [0.2, 0.25) is 5.02 Å². The first-order valence-corrected chi connectivity index (χ1v) is 14.2. The van der Waals surface area contributed by atoms with Gasteiger partial charge in [0.05, 0.1) is 26.7 Å². The summed E-state index contributed by atoms with van der Waals surface area (Å²) in [7, 11) is -3.26. The Labute approximate surface area is 222 Å². The first-order valence-electron chi connectivity index (χ1n) is 12.2. The summed E-state index contributed by atoms with van der Waals surface area (Å²) in [5, 5.41) is 0.537. The van der Waals surface area contributed by atoms with Gasteiger partial charge >= 0.3 is 0 Å². The number of hydrogen-bond donors (Lipinski definition) is 0. The van der Waals surface area contributed by atoms with E-state index >= 15 is 0 Å². The van der Waals surface area contributed by atoms with Crippen LogP contribution in [-0.4, -0.2) is 34.5 Å². The molecule has 2 aromatic heterocycles. The predicted molar refractivity (Wildman–Crippen MR) is 145 cm³/mol. The molecule has 0 unspecified atom stereocenters. The topological polar surface area (TPSA) is 91.2 Å². The highest BCUT2D eigenvalue weighted by molar-refractivity contribution is 7.91. The molecule has 0 N–H and O–H groups in total. The molecule has 0 aliphatic rings.